The third kappa shape index (κ3) is 2.40. The molecule has 0 radical (unpaired) electrons. The largest absolute Gasteiger partial charge is 0.348 e. The molecule has 2 aromatic carbocycles. The van der Waals surface area contributed by atoms with Crippen LogP contribution in [0.5, 0.6) is 0 Å². The Morgan fingerprint density at radius 3 is 2.70 bits per heavy atom. The summed E-state index contributed by atoms with van der Waals surface area (Å²) in [5, 5.41) is 2.96. The fourth-order valence-corrected chi connectivity index (χ4v) is 3.41. The second-order valence-electron chi connectivity index (χ2n) is 6.28. The Kier molecular flexibility index (Phi) is 3.18. The molecule has 1 N–H and O–H groups in total. The highest BCUT2D eigenvalue weighted by Gasteiger charge is 2.34. The maximum atomic E-state index is 12.4. The number of anilines is 1. The van der Waals surface area contributed by atoms with E-state index in [1.807, 2.05) is 48.2 Å². The molecule has 2 amide bonds. The molecule has 0 saturated carbocycles. The van der Waals surface area contributed by atoms with E-state index in [-0.39, 0.29) is 11.8 Å². The summed E-state index contributed by atoms with van der Waals surface area (Å²) >= 11 is 0. The molecule has 0 aliphatic carbocycles. The van der Waals surface area contributed by atoms with Crippen LogP contribution in [0.15, 0.2) is 36.4 Å². The molecule has 0 aromatic heterocycles. The summed E-state index contributed by atoms with van der Waals surface area (Å²) in [6.45, 7) is 3.30. The van der Waals surface area contributed by atoms with Crippen molar-refractivity contribution < 1.29 is 9.59 Å². The fraction of sp³-hybridized carbons (Fsp3) is 0.263. The minimum absolute atomic E-state index is 0.0811. The number of hydrogen-bond acceptors (Lipinski definition) is 2. The van der Waals surface area contributed by atoms with Crippen molar-refractivity contribution in [2.24, 2.45) is 0 Å². The average Bonchev–Trinajstić information content (AvgIpc) is 3.11. The Morgan fingerprint density at radius 2 is 1.91 bits per heavy atom. The number of carbonyl (C=O) groups excluding carboxylic acids is 2. The first-order valence-electron chi connectivity index (χ1n) is 7.92. The fourth-order valence-electron chi connectivity index (χ4n) is 3.41. The minimum Gasteiger partial charge on any atom is -0.348 e. The van der Waals surface area contributed by atoms with Crippen LogP contribution in [0.3, 0.4) is 0 Å². The topological polar surface area (TPSA) is 49.4 Å². The summed E-state index contributed by atoms with van der Waals surface area (Å²) in [6, 6.07) is 11.9. The van der Waals surface area contributed by atoms with E-state index in [0.29, 0.717) is 18.5 Å². The first-order valence-corrected chi connectivity index (χ1v) is 7.92. The molecule has 2 aromatic rings. The standard InChI is InChI=1S/C19H18N2O2/c1-12-2-4-13(5-3-12)11-20-19(23)16-8-14-6-7-21-17(22)10-15(9-16)18(14)21/h2-5,8-9H,6-7,10-11H2,1H3,(H,20,23). The first-order chi connectivity index (χ1) is 11.1. The van der Waals surface area contributed by atoms with Gasteiger partial charge in [-0.05, 0) is 42.2 Å². The molecule has 4 nitrogen and oxygen atoms in total. The van der Waals surface area contributed by atoms with E-state index in [9.17, 15) is 9.59 Å². The molecule has 116 valence electrons. The molecule has 0 spiro atoms. The van der Waals surface area contributed by atoms with Crippen LogP contribution in [-0.4, -0.2) is 18.4 Å². The van der Waals surface area contributed by atoms with E-state index >= 15 is 0 Å². The molecule has 0 saturated heterocycles. The number of nitrogens with zero attached hydrogens (tertiary/aromatic N) is 1. The lowest BCUT2D eigenvalue weighted by Crippen LogP contribution is -2.24. The van der Waals surface area contributed by atoms with Crippen LogP contribution in [-0.2, 0) is 24.2 Å². The van der Waals surface area contributed by atoms with Gasteiger partial charge in [0.25, 0.3) is 5.91 Å². The second-order valence-corrected chi connectivity index (χ2v) is 6.28. The number of carbonyl (C=O) groups is 2. The summed E-state index contributed by atoms with van der Waals surface area (Å²) < 4.78 is 0. The van der Waals surface area contributed by atoms with Crippen LogP contribution in [0.4, 0.5) is 5.69 Å². The summed E-state index contributed by atoms with van der Waals surface area (Å²) in [7, 11) is 0. The molecular weight excluding hydrogens is 288 g/mol. The first kappa shape index (κ1) is 14.0. The molecule has 0 atom stereocenters. The van der Waals surface area contributed by atoms with E-state index in [1.54, 1.807) is 0 Å². The molecule has 0 fully saturated rings. The lowest BCUT2D eigenvalue weighted by atomic mass is 10.0. The van der Waals surface area contributed by atoms with Crippen molar-refractivity contribution in [2.45, 2.75) is 26.3 Å². The Hall–Kier alpha value is -2.62. The summed E-state index contributed by atoms with van der Waals surface area (Å²) in [6.07, 6.45) is 1.26. The van der Waals surface area contributed by atoms with Gasteiger partial charge < -0.3 is 10.2 Å². The number of benzene rings is 2. The van der Waals surface area contributed by atoms with Crippen molar-refractivity contribution in [1.82, 2.24) is 5.32 Å². The quantitative estimate of drug-likeness (QED) is 0.946. The SMILES string of the molecule is Cc1ccc(CNC(=O)c2cc3c4c(c2)CC(=O)N4CC3)cc1. The van der Waals surface area contributed by atoms with Crippen molar-refractivity contribution in [3.63, 3.8) is 0 Å². The van der Waals surface area contributed by atoms with E-state index in [2.05, 4.69) is 5.32 Å². The molecule has 4 heteroatoms. The molecule has 4 rings (SSSR count). The van der Waals surface area contributed by atoms with Gasteiger partial charge in [0, 0.05) is 18.7 Å². The van der Waals surface area contributed by atoms with Gasteiger partial charge in [-0.25, -0.2) is 0 Å². The highest BCUT2D eigenvalue weighted by Crippen LogP contribution is 2.38. The Balaban J connectivity index is 1.53. The number of nitrogens with one attached hydrogen (secondary N) is 1. The monoisotopic (exact) mass is 306 g/mol. The smallest absolute Gasteiger partial charge is 0.251 e. The highest BCUT2D eigenvalue weighted by atomic mass is 16.2. The van der Waals surface area contributed by atoms with Crippen LogP contribution < -0.4 is 10.2 Å². The van der Waals surface area contributed by atoms with Gasteiger partial charge in [-0.1, -0.05) is 29.8 Å². The molecule has 2 heterocycles. The van der Waals surface area contributed by atoms with Gasteiger partial charge in [-0.3, -0.25) is 9.59 Å². The lowest BCUT2D eigenvalue weighted by Gasteiger charge is -2.10. The predicted octanol–water partition coefficient (Wildman–Crippen LogP) is 2.37. The van der Waals surface area contributed by atoms with Gasteiger partial charge in [-0.2, -0.15) is 0 Å². The summed E-state index contributed by atoms with van der Waals surface area (Å²) in [4.78, 5) is 26.2. The molecule has 2 aliphatic heterocycles. The van der Waals surface area contributed by atoms with Crippen LogP contribution in [0.1, 0.15) is 32.6 Å². The molecular formula is C19H18N2O2. The Morgan fingerprint density at radius 1 is 1.17 bits per heavy atom. The van der Waals surface area contributed by atoms with E-state index in [1.165, 1.54) is 5.56 Å². The average molecular weight is 306 g/mol. The predicted molar refractivity (Wildman–Crippen MR) is 88.6 cm³/mol. The van der Waals surface area contributed by atoms with Gasteiger partial charge in [0.2, 0.25) is 5.91 Å². The van der Waals surface area contributed by atoms with Gasteiger partial charge in [-0.15, -0.1) is 0 Å². The van der Waals surface area contributed by atoms with Gasteiger partial charge >= 0.3 is 0 Å². The second kappa shape index (κ2) is 5.23. The number of rotatable bonds is 3. The third-order valence-electron chi connectivity index (χ3n) is 4.62. The third-order valence-corrected chi connectivity index (χ3v) is 4.62. The van der Waals surface area contributed by atoms with Crippen molar-refractivity contribution in [2.75, 3.05) is 11.4 Å². The number of aryl methyl sites for hydroxylation is 1. The van der Waals surface area contributed by atoms with Crippen molar-refractivity contribution >= 4 is 17.5 Å². The van der Waals surface area contributed by atoms with Crippen LogP contribution in [0, 0.1) is 6.92 Å². The molecule has 0 unspecified atom stereocenters. The molecule has 2 aliphatic rings. The number of amides is 2. The maximum Gasteiger partial charge on any atom is 0.251 e. The van der Waals surface area contributed by atoms with Crippen LogP contribution >= 0.6 is 0 Å². The summed E-state index contributed by atoms with van der Waals surface area (Å²) in [5.74, 6) is 0.0680. The zero-order chi connectivity index (χ0) is 16.0. The molecule has 0 bridgehead atoms. The van der Waals surface area contributed by atoms with E-state index in [0.717, 1.165) is 35.3 Å². The normalized spacial score (nSPS) is 15.0. The van der Waals surface area contributed by atoms with Crippen LogP contribution in [0.25, 0.3) is 0 Å². The van der Waals surface area contributed by atoms with Gasteiger partial charge in [0.1, 0.15) is 0 Å². The van der Waals surface area contributed by atoms with Gasteiger partial charge in [0.15, 0.2) is 0 Å². The zero-order valence-corrected chi connectivity index (χ0v) is 13.1. The number of hydrogen-bond donors (Lipinski definition) is 1. The Labute approximate surface area is 135 Å². The van der Waals surface area contributed by atoms with Crippen molar-refractivity contribution in [3.05, 3.63) is 64.2 Å². The minimum atomic E-state index is -0.0811. The van der Waals surface area contributed by atoms with E-state index in [4.69, 9.17) is 0 Å². The van der Waals surface area contributed by atoms with Crippen molar-refractivity contribution in [3.8, 4) is 0 Å². The van der Waals surface area contributed by atoms with Crippen LogP contribution in [0.2, 0.25) is 0 Å². The Bertz CT molecular complexity index is 809. The summed E-state index contributed by atoms with van der Waals surface area (Å²) in [5.41, 5.74) is 6.10. The van der Waals surface area contributed by atoms with Crippen molar-refractivity contribution in [1.29, 1.82) is 0 Å². The zero-order valence-electron chi connectivity index (χ0n) is 13.1. The molecule has 23 heavy (non-hydrogen) atoms. The highest BCUT2D eigenvalue weighted by molar-refractivity contribution is 6.05. The van der Waals surface area contributed by atoms with E-state index < -0.39 is 0 Å². The maximum absolute atomic E-state index is 12.4. The van der Waals surface area contributed by atoms with Gasteiger partial charge in [0.05, 0.1) is 12.1 Å². The lowest BCUT2D eigenvalue weighted by molar-refractivity contribution is -0.117.